The van der Waals surface area contributed by atoms with E-state index in [1.165, 1.54) is 18.7 Å². The first-order chi connectivity index (χ1) is 11.6. The molecule has 1 N–H and O–H groups in total. The van der Waals surface area contributed by atoms with Crippen LogP contribution in [0.25, 0.3) is 10.8 Å². The lowest BCUT2D eigenvalue weighted by Crippen LogP contribution is -2.46. The van der Waals surface area contributed by atoms with Crippen LogP contribution in [0.3, 0.4) is 0 Å². The average Bonchev–Trinajstić information content (AvgIpc) is 2.50. The number of nitrogens with zero attached hydrogens (tertiary/aromatic N) is 2. The fourth-order valence-corrected chi connectivity index (χ4v) is 2.41. The number of aryl methyl sites for hydroxylation is 1. The van der Waals surface area contributed by atoms with Crippen LogP contribution in [0.15, 0.2) is 29.1 Å². The molecule has 0 aliphatic heterocycles. The molecule has 0 radical (unpaired) electrons. The SMILES string of the molecule is C[C@@H](OC(=O)Cc1nn(C)c(=O)c2ccccc12)C(=O)NC(C)(C)C. The van der Waals surface area contributed by atoms with E-state index in [0.717, 1.165) is 0 Å². The standard InChI is InChI=1S/C18H23N3O4/c1-11(16(23)19-18(2,3)4)25-15(22)10-14-12-8-6-7-9-13(12)17(24)21(5)20-14/h6-9,11H,10H2,1-5H3,(H,19,23)/t11-/m1/s1. The lowest BCUT2D eigenvalue weighted by Gasteiger charge is -2.23. The van der Waals surface area contributed by atoms with Gasteiger partial charge in [0.15, 0.2) is 6.10 Å². The van der Waals surface area contributed by atoms with Crippen LogP contribution in [0.1, 0.15) is 33.4 Å². The maximum absolute atomic E-state index is 12.2. The molecule has 25 heavy (non-hydrogen) atoms. The summed E-state index contributed by atoms with van der Waals surface area (Å²) in [6.45, 7) is 7.06. The van der Waals surface area contributed by atoms with Crippen molar-refractivity contribution in [1.82, 2.24) is 15.1 Å². The summed E-state index contributed by atoms with van der Waals surface area (Å²) < 4.78 is 6.40. The lowest BCUT2D eigenvalue weighted by atomic mass is 10.1. The Bertz CT molecular complexity index is 865. The molecule has 1 heterocycles. The first-order valence-corrected chi connectivity index (χ1v) is 8.05. The van der Waals surface area contributed by atoms with E-state index >= 15 is 0 Å². The third-order valence-electron chi connectivity index (χ3n) is 3.52. The zero-order chi connectivity index (χ0) is 18.8. The molecule has 0 aliphatic carbocycles. The molecule has 0 saturated heterocycles. The number of carbonyl (C=O) groups excluding carboxylic acids is 2. The van der Waals surface area contributed by atoms with Crippen molar-refractivity contribution in [3.8, 4) is 0 Å². The van der Waals surface area contributed by atoms with Crippen molar-refractivity contribution in [2.45, 2.75) is 45.8 Å². The third kappa shape index (κ3) is 4.65. The molecule has 134 valence electrons. The highest BCUT2D eigenvalue weighted by molar-refractivity contribution is 5.88. The van der Waals surface area contributed by atoms with Crippen molar-refractivity contribution < 1.29 is 14.3 Å². The average molecular weight is 345 g/mol. The molecule has 1 amide bonds. The topological polar surface area (TPSA) is 90.3 Å². The Balaban J connectivity index is 2.16. The number of rotatable bonds is 4. The fraction of sp³-hybridized carbons (Fsp3) is 0.444. The van der Waals surface area contributed by atoms with Crippen LogP contribution in [-0.2, 0) is 27.8 Å². The van der Waals surface area contributed by atoms with Crippen molar-refractivity contribution in [2.75, 3.05) is 0 Å². The Morgan fingerprint density at radius 3 is 2.44 bits per heavy atom. The quantitative estimate of drug-likeness (QED) is 0.844. The molecule has 1 aromatic heterocycles. The van der Waals surface area contributed by atoms with Gasteiger partial charge in [0.25, 0.3) is 11.5 Å². The van der Waals surface area contributed by atoms with Gasteiger partial charge < -0.3 is 10.1 Å². The maximum Gasteiger partial charge on any atom is 0.312 e. The Morgan fingerprint density at radius 1 is 1.24 bits per heavy atom. The van der Waals surface area contributed by atoms with Crippen molar-refractivity contribution in [1.29, 1.82) is 0 Å². The van der Waals surface area contributed by atoms with E-state index in [4.69, 9.17) is 4.74 Å². The minimum Gasteiger partial charge on any atom is -0.452 e. The molecule has 1 aromatic carbocycles. The summed E-state index contributed by atoms with van der Waals surface area (Å²) >= 11 is 0. The number of esters is 1. The summed E-state index contributed by atoms with van der Waals surface area (Å²) in [4.78, 5) is 36.3. The molecule has 0 saturated carbocycles. The molecule has 7 heteroatoms. The smallest absolute Gasteiger partial charge is 0.312 e. The second-order valence-corrected chi connectivity index (χ2v) is 6.97. The molecule has 0 spiro atoms. The number of ether oxygens (including phenoxy) is 1. The van der Waals surface area contributed by atoms with Gasteiger partial charge in [-0.1, -0.05) is 18.2 Å². The van der Waals surface area contributed by atoms with Gasteiger partial charge in [0.1, 0.15) is 0 Å². The summed E-state index contributed by atoms with van der Waals surface area (Å²) in [5.74, 6) is -0.938. The number of fused-ring (bicyclic) bond motifs is 1. The predicted octanol–water partition coefficient (Wildman–Crippen LogP) is 1.32. The number of nitrogens with one attached hydrogen (secondary N) is 1. The highest BCUT2D eigenvalue weighted by Gasteiger charge is 2.23. The first-order valence-electron chi connectivity index (χ1n) is 8.05. The molecule has 0 aliphatic rings. The maximum atomic E-state index is 12.2. The van der Waals surface area contributed by atoms with E-state index in [1.807, 2.05) is 20.8 Å². The predicted molar refractivity (Wildman–Crippen MR) is 94.1 cm³/mol. The Kier molecular flexibility index (Phi) is 5.25. The normalized spacial score (nSPS) is 12.7. The zero-order valence-corrected chi connectivity index (χ0v) is 15.1. The van der Waals surface area contributed by atoms with E-state index in [1.54, 1.807) is 24.3 Å². The molecule has 2 rings (SSSR count). The third-order valence-corrected chi connectivity index (χ3v) is 3.52. The monoisotopic (exact) mass is 345 g/mol. The number of hydrogen-bond donors (Lipinski definition) is 1. The van der Waals surface area contributed by atoms with Crippen molar-refractivity contribution in [3.05, 3.63) is 40.3 Å². The summed E-state index contributed by atoms with van der Waals surface area (Å²) in [5, 5.41) is 8.01. The van der Waals surface area contributed by atoms with Crippen LogP contribution in [0, 0.1) is 0 Å². The van der Waals surface area contributed by atoms with Crippen LogP contribution >= 0.6 is 0 Å². The van der Waals surface area contributed by atoms with Gasteiger partial charge in [-0.3, -0.25) is 14.4 Å². The summed E-state index contributed by atoms with van der Waals surface area (Å²) in [6, 6.07) is 6.96. The summed E-state index contributed by atoms with van der Waals surface area (Å²) in [6.07, 6.45) is -1.03. The molecule has 0 unspecified atom stereocenters. The van der Waals surface area contributed by atoms with Gasteiger partial charge in [-0.2, -0.15) is 5.10 Å². The number of aromatic nitrogens is 2. The highest BCUT2D eigenvalue weighted by atomic mass is 16.5. The second kappa shape index (κ2) is 7.04. The van der Waals surface area contributed by atoms with E-state index in [0.29, 0.717) is 16.5 Å². The molecule has 0 bridgehead atoms. The Hall–Kier alpha value is -2.70. The van der Waals surface area contributed by atoms with Crippen molar-refractivity contribution >= 4 is 22.6 Å². The first kappa shape index (κ1) is 18.6. The van der Waals surface area contributed by atoms with Crippen molar-refractivity contribution in [2.24, 2.45) is 7.05 Å². The summed E-state index contributed by atoms with van der Waals surface area (Å²) in [5.41, 5.74) is -0.204. The van der Waals surface area contributed by atoms with Crippen LogP contribution in [0.4, 0.5) is 0 Å². The Morgan fingerprint density at radius 2 is 1.84 bits per heavy atom. The number of hydrogen-bond acceptors (Lipinski definition) is 5. The van der Waals surface area contributed by atoms with E-state index in [-0.39, 0.29) is 17.9 Å². The molecule has 2 aromatic rings. The number of carbonyl (C=O) groups is 2. The van der Waals surface area contributed by atoms with Crippen LogP contribution in [0.5, 0.6) is 0 Å². The minimum atomic E-state index is -0.912. The van der Waals surface area contributed by atoms with Gasteiger partial charge in [0.05, 0.1) is 17.5 Å². The molecule has 7 nitrogen and oxygen atoms in total. The summed E-state index contributed by atoms with van der Waals surface area (Å²) in [7, 11) is 1.53. The van der Waals surface area contributed by atoms with E-state index in [2.05, 4.69) is 10.4 Å². The van der Waals surface area contributed by atoms with Crippen molar-refractivity contribution in [3.63, 3.8) is 0 Å². The van der Waals surface area contributed by atoms with Gasteiger partial charge in [-0.25, -0.2) is 4.68 Å². The minimum absolute atomic E-state index is 0.123. The van der Waals surface area contributed by atoms with Crippen LogP contribution < -0.4 is 10.9 Å². The number of amides is 1. The fourth-order valence-electron chi connectivity index (χ4n) is 2.41. The molecule has 0 fully saturated rings. The number of benzene rings is 1. The largest absolute Gasteiger partial charge is 0.452 e. The highest BCUT2D eigenvalue weighted by Crippen LogP contribution is 2.14. The van der Waals surface area contributed by atoms with Gasteiger partial charge >= 0.3 is 5.97 Å². The van der Waals surface area contributed by atoms with Crippen LogP contribution in [0.2, 0.25) is 0 Å². The van der Waals surface area contributed by atoms with Gasteiger partial charge in [0, 0.05) is 18.0 Å². The van der Waals surface area contributed by atoms with Gasteiger partial charge in [-0.05, 0) is 33.8 Å². The molecular formula is C18H23N3O4. The van der Waals surface area contributed by atoms with Crippen LogP contribution in [-0.4, -0.2) is 33.3 Å². The zero-order valence-electron chi connectivity index (χ0n) is 15.1. The van der Waals surface area contributed by atoms with E-state index in [9.17, 15) is 14.4 Å². The second-order valence-electron chi connectivity index (χ2n) is 6.97. The van der Waals surface area contributed by atoms with Gasteiger partial charge in [0.2, 0.25) is 0 Å². The molecular weight excluding hydrogens is 322 g/mol. The van der Waals surface area contributed by atoms with E-state index < -0.39 is 17.6 Å². The Labute approximate surface area is 146 Å². The lowest BCUT2D eigenvalue weighted by molar-refractivity contribution is -0.154. The van der Waals surface area contributed by atoms with Gasteiger partial charge in [-0.15, -0.1) is 0 Å². The molecule has 1 atom stereocenters.